The van der Waals surface area contributed by atoms with E-state index in [2.05, 4.69) is 78.5 Å². The van der Waals surface area contributed by atoms with Crippen molar-refractivity contribution in [1.29, 1.82) is 5.26 Å². The average Bonchev–Trinajstić information content (AvgIpc) is 3.28. The Bertz CT molecular complexity index is 1810. The molecule has 5 nitrogen and oxygen atoms in total. The van der Waals surface area contributed by atoms with Gasteiger partial charge >= 0.3 is 0 Å². The Balaban J connectivity index is 1.76. The maximum Gasteiger partial charge on any atom is 0.203 e. The van der Waals surface area contributed by atoms with Crippen LogP contribution in [0.4, 0.5) is 5.69 Å². The van der Waals surface area contributed by atoms with Crippen molar-refractivity contribution in [1.82, 2.24) is 9.55 Å². The normalized spacial score (nSPS) is 11.2. The molecule has 0 saturated heterocycles. The molecule has 0 fully saturated rings. The van der Waals surface area contributed by atoms with Gasteiger partial charge in [-0.05, 0) is 64.4 Å². The summed E-state index contributed by atoms with van der Waals surface area (Å²) in [6.45, 7) is 16.3. The highest BCUT2D eigenvalue weighted by Crippen LogP contribution is 2.48. The van der Waals surface area contributed by atoms with Crippen molar-refractivity contribution in [3.8, 4) is 45.5 Å². The molecule has 0 amide bonds. The topological polar surface area (TPSA) is 66.2 Å². The molecule has 5 heteroatoms. The van der Waals surface area contributed by atoms with Crippen molar-refractivity contribution in [2.45, 2.75) is 39.5 Å². The van der Waals surface area contributed by atoms with Crippen molar-refractivity contribution < 1.29 is 5.11 Å². The molecular formula is C34H30N4O. The number of rotatable bonds is 5. The van der Waals surface area contributed by atoms with Gasteiger partial charge in [0.25, 0.3) is 0 Å². The maximum absolute atomic E-state index is 11.5. The molecular weight excluding hydrogens is 480 g/mol. The summed E-state index contributed by atoms with van der Waals surface area (Å²) in [5, 5.41) is 22.1. The van der Waals surface area contributed by atoms with Gasteiger partial charge in [0.1, 0.15) is 11.8 Å². The van der Waals surface area contributed by atoms with Crippen molar-refractivity contribution in [2.75, 3.05) is 0 Å². The quantitative estimate of drug-likeness (QED) is 0.240. The Morgan fingerprint density at radius 2 is 1.64 bits per heavy atom. The van der Waals surface area contributed by atoms with Gasteiger partial charge in [0.05, 0.1) is 17.8 Å². The number of fused-ring (bicyclic) bond motifs is 1. The summed E-state index contributed by atoms with van der Waals surface area (Å²) in [5.74, 6) is 0.428. The summed E-state index contributed by atoms with van der Waals surface area (Å²) in [6, 6.07) is 24.1. The molecule has 39 heavy (non-hydrogen) atoms. The number of nitrogens with zero attached hydrogens (tertiary/aromatic N) is 4. The Hall–Kier alpha value is -4.87. The molecule has 0 atom stereocenters. The maximum atomic E-state index is 11.5. The van der Waals surface area contributed by atoms with E-state index >= 15 is 0 Å². The van der Waals surface area contributed by atoms with E-state index in [9.17, 15) is 10.4 Å². The number of aromatic hydroxyl groups is 1. The van der Waals surface area contributed by atoms with Gasteiger partial charge in [-0.2, -0.15) is 5.26 Å². The van der Waals surface area contributed by atoms with E-state index in [1.165, 1.54) is 0 Å². The average molecular weight is 511 g/mol. The zero-order valence-corrected chi connectivity index (χ0v) is 22.8. The zero-order chi connectivity index (χ0) is 27.8. The van der Waals surface area contributed by atoms with Crippen LogP contribution in [0.15, 0.2) is 72.9 Å². The van der Waals surface area contributed by atoms with Crippen LogP contribution >= 0.6 is 0 Å². The monoisotopic (exact) mass is 510 g/mol. The number of aromatic nitrogens is 2. The number of hydrogen-bond donors (Lipinski definition) is 1. The molecule has 2 heterocycles. The van der Waals surface area contributed by atoms with E-state index in [4.69, 9.17) is 6.57 Å². The largest absolute Gasteiger partial charge is 0.508 e. The molecule has 0 aliphatic rings. The third-order valence-electron chi connectivity index (χ3n) is 7.41. The third-order valence-corrected chi connectivity index (χ3v) is 7.41. The molecule has 1 N–H and O–H groups in total. The lowest BCUT2D eigenvalue weighted by atomic mass is 9.89. The summed E-state index contributed by atoms with van der Waals surface area (Å²) in [4.78, 5) is 8.39. The van der Waals surface area contributed by atoms with E-state index in [1.807, 2.05) is 31.3 Å². The molecule has 0 bridgehead atoms. The molecule has 192 valence electrons. The van der Waals surface area contributed by atoms with Crippen LogP contribution < -0.4 is 0 Å². The first-order valence-electron chi connectivity index (χ1n) is 13.1. The van der Waals surface area contributed by atoms with Gasteiger partial charge < -0.3 is 9.67 Å². The number of pyridine rings is 1. The van der Waals surface area contributed by atoms with E-state index in [0.29, 0.717) is 22.5 Å². The van der Waals surface area contributed by atoms with Crippen molar-refractivity contribution in [2.24, 2.45) is 7.05 Å². The summed E-state index contributed by atoms with van der Waals surface area (Å²) >= 11 is 0. The molecule has 3 aromatic carbocycles. The van der Waals surface area contributed by atoms with Crippen LogP contribution in [0, 0.1) is 17.9 Å². The van der Waals surface area contributed by atoms with Gasteiger partial charge in [0.2, 0.25) is 5.69 Å². The van der Waals surface area contributed by atoms with Crippen LogP contribution in [0.3, 0.4) is 0 Å². The molecule has 5 rings (SSSR count). The lowest BCUT2D eigenvalue weighted by molar-refractivity contribution is 0.466. The number of nitriles is 1. The fraction of sp³-hybridized carbons (Fsp3) is 0.206. The van der Waals surface area contributed by atoms with Gasteiger partial charge in [-0.25, -0.2) is 4.85 Å². The van der Waals surface area contributed by atoms with E-state index in [1.54, 1.807) is 18.3 Å². The highest BCUT2D eigenvalue weighted by atomic mass is 16.3. The molecule has 5 aromatic rings. The Morgan fingerprint density at radius 1 is 0.923 bits per heavy atom. The fourth-order valence-electron chi connectivity index (χ4n) is 5.36. The Kier molecular flexibility index (Phi) is 6.69. The highest BCUT2D eigenvalue weighted by molar-refractivity contribution is 6.01. The predicted octanol–water partition coefficient (Wildman–Crippen LogP) is 8.95. The number of phenolic OH excluding ortho intramolecular Hbond substituents is 1. The van der Waals surface area contributed by atoms with Gasteiger partial charge in [0, 0.05) is 41.0 Å². The van der Waals surface area contributed by atoms with E-state index < -0.39 is 0 Å². The van der Waals surface area contributed by atoms with Gasteiger partial charge in [-0.15, -0.1) is 0 Å². The minimum atomic E-state index is 0.110. The SMILES string of the molecule is [C-]#[N+]c1c(C(C)C)cc(C(C)C)c(O)c1-c1cc2c(-c3cccc(-c4ncccc4C#N)c3)cccc2n1C. The molecule has 0 unspecified atom stereocenters. The number of hydrogen-bond acceptors (Lipinski definition) is 3. The van der Waals surface area contributed by atoms with E-state index in [0.717, 1.165) is 44.4 Å². The first-order valence-corrected chi connectivity index (χ1v) is 13.1. The van der Waals surface area contributed by atoms with Crippen LogP contribution in [0.1, 0.15) is 56.2 Å². The summed E-state index contributed by atoms with van der Waals surface area (Å²) in [5.41, 5.74) is 8.77. The minimum Gasteiger partial charge on any atom is -0.508 e. The van der Waals surface area contributed by atoms with Crippen LogP contribution in [0.5, 0.6) is 5.75 Å². The molecule has 0 spiro atoms. The molecule has 0 radical (unpaired) electrons. The smallest absolute Gasteiger partial charge is 0.203 e. The predicted molar refractivity (Wildman–Crippen MR) is 158 cm³/mol. The summed E-state index contributed by atoms with van der Waals surface area (Å²) in [7, 11) is 1.98. The number of phenols is 1. The minimum absolute atomic E-state index is 0.110. The molecule has 0 aliphatic heterocycles. The molecule has 0 saturated carbocycles. The van der Waals surface area contributed by atoms with Crippen molar-refractivity contribution >= 4 is 16.6 Å². The lowest BCUT2D eigenvalue weighted by Gasteiger charge is -2.20. The fourth-order valence-corrected chi connectivity index (χ4v) is 5.36. The van der Waals surface area contributed by atoms with Gasteiger partial charge in [-0.1, -0.05) is 64.1 Å². The summed E-state index contributed by atoms with van der Waals surface area (Å²) in [6.07, 6.45) is 1.70. The third kappa shape index (κ3) is 4.33. The van der Waals surface area contributed by atoms with Crippen LogP contribution in [-0.4, -0.2) is 14.7 Å². The van der Waals surface area contributed by atoms with Crippen LogP contribution in [-0.2, 0) is 7.05 Å². The zero-order valence-electron chi connectivity index (χ0n) is 22.8. The summed E-state index contributed by atoms with van der Waals surface area (Å²) < 4.78 is 2.06. The highest BCUT2D eigenvalue weighted by Gasteiger charge is 2.25. The lowest BCUT2D eigenvalue weighted by Crippen LogP contribution is -2.00. The Morgan fingerprint density at radius 3 is 2.33 bits per heavy atom. The number of benzene rings is 3. The van der Waals surface area contributed by atoms with Gasteiger partial charge in [-0.3, -0.25) is 4.98 Å². The van der Waals surface area contributed by atoms with E-state index in [-0.39, 0.29) is 17.6 Å². The second-order valence-corrected chi connectivity index (χ2v) is 10.5. The first-order chi connectivity index (χ1) is 18.8. The van der Waals surface area contributed by atoms with Crippen LogP contribution in [0.2, 0.25) is 0 Å². The molecule has 2 aromatic heterocycles. The Labute approximate surface area is 229 Å². The van der Waals surface area contributed by atoms with Crippen molar-refractivity contribution in [3.63, 3.8) is 0 Å². The number of aryl methyl sites for hydroxylation is 1. The standard InChI is InChI=1S/C34H30N4O/c1-20(2)26-17-27(21(3)4)34(39)31(33(26)36-5)30-18-28-25(13-8-14-29(28)38(30)6)22-10-7-11-23(16-22)32-24(19-35)12-9-15-37-32/h7-18,20-21,39H,1-4,6H3. The van der Waals surface area contributed by atoms with Crippen molar-refractivity contribution in [3.05, 3.63) is 101 Å². The second-order valence-electron chi connectivity index (χ2n) is 10.5. The second kappa shape index (κ2) is 10.1. The van der Waals surface area contributed by atoms with Gasteiger partial charge in [0.15, 0.2) is 0 Å². The first kappa shape index (κ1) is 25.8. The van der Waals surface area contributed by atoms with Crippen LogP contribution in [0.25, 0.3) is 49.4 Å². The molecule has 0 aliphatic carbocycles.